The SMILES string of the molecule is C=CC1CN2CCC1CC2[C@@H](OC(=O)c1ccc(=O)oc1)c1ccnc2ccc(OC)cc12. The third-order valence-electron chi connectivity index (χ3n) is 6.96. The molecular formula is C26H26N2O5. The number of ether oxygens (including phenoxy) is 2. The fourth-order valence-corrected chi connectivity index (χ4v) is 5.22. The number of nitrogens with zero attached hydrogens (tertiary/aromatic N) is 2. The van der Waals surface area contributed by atoms with Gasteiger partial charge in [0.05, 0.1) is 24.2 Å². The average Bonchev–Trinajstić information content (AvgIpc) is 2.87. The van der Waals surface area contributed by atoms with E-state index in [1.807, 2.05) is 30.3 Å². The van der Waals surface area contributed by atoms with E-state index in [9.17, 15) is 9.59 Å². The minimum absolute atomic E-state index is 0.0245. The fraction of sp³-hybridized carbons (Fsp3) is 0.346. The summed E-state index contributed by atoms with van der Waals surface area (Å²) in [5.41, 5.74) is 1.38. The Morgan fingerprint density at radius 2 is 2.18 bits per heavy atom. The predicted octanol–water partition coefficient (Wildman–Crippen LogP) is 3.99. The summed E-state index contributed by atoms with van der Waals surface area (Å²) in [5, 5.41) is 0.886. The number of piperidine rings is 3. The van der Waals surface area contributed by atoms with Gasteiger partial charge in [-0.25, -0.2) is 9.59 Å². The van der Waals surface area contributed by atoms with E-state index in [-0.39, 0.29) is 11.6 Å². The maximum atomic E-state index is 13.1. The molecule has 0 amide bonds. The lowest BCUT2D eigenvalue weighted by molar-refractivity contribution is -0.0568. The first kappa shape index (κ1) is 21.4. The van der Waals surface area contributed by atoms with Crippen LogP contribution in [0.5, 0.6) is 5.75 Å². The van der Waals surface area contributed by atoms with E-state index in [0.29, 0.717) is 17.6 Å². The minimum atomic E-state index is -0.528. The van der Waals surface area contributed by atoms with Crippen molar-refractivity contribution in [3.8, 4) is 5.75 Å². The molecule has 170 valence electrons. The monoisotopic (exact) mass is 446 g/mol. The molecule has 0 aliphatic carbocycles. The van der Waals surface area contributed by atoms with Crippen molar-refractivity contribution in [2.24, 2.45) is 11.8 Å². The van der Waals surface area contributed by atoms with E-state index >= 15 is 0 Å². The van der Waals surface area contributed by atoms with Crippen LogP contribution >= 0.6 is 0 Å². The second-order valence-corrected chi connectivity index (χ2v) is 8.70. The van der Waals surface area contributed by atoms with Crippen LogP contribution in [-0.2, 0) is 4.74 Å². The van der Waals surface area contributed by atoms with Gasteiger partial charge in [0, 0.05) is 29.8 Å². The van der Waals surface area contributed by atoms with Crippen LogP contribution in [-0.4, -0.2) is 42.1 Å². The Labute approximate surface area is 191 Å². The van der Waals surface area contributed by atoms with Gasteiger partial charge in [0.2, 0.25) is 0 Å². The van der Waals surface area contributed by atoms with Crippen molar-refractivity contribution in [1.29, 1.82) is 0 Å². The molecule has 6 rings (SSSR count). The van der Waals surface area contributed by atoms with Crippen LogP contribution in [0, 0.1) is 11.8 Å². The van der Waals surface area contributed by atoms with Gasteiger partial charge in [-0.15, -0.1) is 6.58 Å². The molecule has 3 fully saturated rings. The van der Waals surface area contributed by atoms with Gasteiger partial charge < -0.3 is 13.9 Å². The van der Waals surface area contributed by atoms with Crippen LogP contribution in [0.4, 0.5) is 0 Å². The molecule has 0 N–H and O–H groups in total. The van der Waals surface area contributed by atoms with E-state index in [1.165, 1.54) is 12.1 Å². The fourth-order valence-electron chi connectivity index (χ4n) is 5.22. The number of hydrogen-bond acceptors (Lipinski definition) is 7. The lowest BCUT2D eigenvalue weighted by Crippen LogP contribution is -2.55. The maximum absolute atomic E-state index is 13.1. The summed E-state index contributed by atoms with van der Waals surface area (Å²) in [6.45, 7) is 5.88. The average molecular weight is 447 g/mol. The Morgan fingerprint density at radius 3 is 2.88 bits per heavy atom. The molecule has 2 aromatic heterocycles. The zero-order chi connectivity index (χ0) is 22.9. The number of esters is 1. The van der Waals surface area contributed by atoms with Gasteiger partial charge >= 0.3 is 11.6 Å². The smallest absolute Gasteiger partial charge is 0.341 e. The van der Waals surface area contributed by atoms with Crippen LogP contribution in [0.1, 0.15) is 34.9 Å². The maximum Gasteiger partial charge on any atom is 0.341 e. The van der Waals surface area contributed by atoms with E-state index in [2.05, 4.69) is 16.5 Å². The van der Waals surface area contributed by atoms with Crippen LogP contribution in [0.3, 0.4) is 0 Å². The summed E-state index contributed by atoms with van der Waals surface area (Å²) in [5.74, 6) is 1.14. The van der Waals surface area contributed by atoms with Crippen molar-refractivity contribution < 1.29 is 18.7 Å². The highest BCUT2D eigenvalue weighted by atomic mass is 16.5. The predicted molar refractivity (Wildman–Crippen MR) is 123 cm³/mol. The molecule has 0 spiro atoms. The topological polar surface area (TPSA) is 81.9 Å². The number of carbonyl (C=O) groups excluding carboxylic acids is 1. The van der Waals surface area contributed by atoms with Gasteiger partial charge in [0.25, 0.3) is 0 Å². The molecule has 3 saturated heterocycles. The molecule has 3 aliphatic heterocycles. The van der Waals surface area contributed by atoms with Crippen molar-refractivity contribution in [2.45, 2.75) is 25.0 Å². The third kappa shape index (κ3) is 4.04. The van der Waals surface area contributed by atoms with Crippen molar-refractivity contribution in [3.05, 3.63) is 83.1 Å². The Balaban J connectivity index is 1.57. The Bertz CT molecular complexity index is 1230. The number of carbonyl (C=O) groups is 1. The summed E-state index contributed by atoms with van der Waals surface area (Å²) >= 11 is 0. The van der Waals surface area contributed by atoms with E-state index < -0.39 is 17.7 Å². The summed E-state index contributed by atoms with van der Waals surface area (Å²) in [7, 11) is 1.62. The molecule has 1 aromatic carbocycles. The summed E-state index contributed by atoms with van der Waals surface area (Å²) < 4.78 is 16.5. The van der Waals surface area contributed by atoms with Crippen molar-refractivity contribution in [1.82, 2.24) is 9.88 Å². The second-order valence-electron chi connectivity index (χ2n) is 8.70. The minimum Gasteiger partial charge on any atom is -0.497 e. The van der Waals surface area contributed by atoms with Gasteiger partial charge in [-0.05, 0) is 61.6 Å². The lowest BCUT2D eigenvalue weighted by Gasteiger charge is -2.51. The first-order valence-electron chi connectivity index (χ1n) is 11.2. The van der Waals surface area contributed by atoms with Crippen LogP contribution in [0.2, 0.25) is 0 Å². The molecule has 0 radical (unpaired) electrons. The molecule has 7 heteroatoms. The van der Waals surface area contributed by atoms with Crippen LogP contribution < -0.4 is 10.4 Å². The van der Waals surface area contributed by atoms with Gasteiger partial charge in [-0.3, -0.25) is 9.88 Å². The highest BCUT2D eigenvalue weighted by Gasteiger charge is 2.44. The quantitative estimate of drug-likeness (QED) is 0.418. The number of pyridine rings is 1. The van der Waals surface area contributed by atoms with Gasteiger partial charge in [0.1, 0.15) is 18.1 Å². The third-order valence-corrected chi connectivity index (χ3v) is 6.96. The normalized spacial score (nSPS) is 24.9. The molecule has 5 atom stereocenters. The Hall–Kier alpha value is -3.45. The molecule has 7 nitrogen and oxygen atoms in total. The van der Waals surface area contributed by atoms with E-state index in [1.54, 1.807) is 13.3 Å². The van der Waals surface area contributed by atoms with E-state index in [0.717, 1.165) is 48.7 Å². The van der Waals surface area contributed by atoms with Crippen molar-refractivity contribution >= 4 is 16.9 Å². The molecule has 3 aromatic rings. The molecule has 5 heterocycles. The van der Waals surface area contributed by atoms with Gasteiger partial charge in [-0.1, -0.05) is 6.08 Å². The van der Waals surface area contributed by atoms with Crippen molar-refractivity contribution in [2.75, 3.05) is 20.2 Å². The number of hydrogen-bond donors (Lipinski definition) is 0. The van der Waals surface area contributed by atoms with E-state index in [4.69, 9.17) is 13.9 Å². The summed E-state index contributed by atoms with van der Waals surface area (Å²) in [6.07, 6.45) is 6.45. The molecule has 33 heavy (non-hydrogen) atoms. The molecule has 3 aliphatic rings. The second kappa shape index (κ2) is 8.83. The van der Waals surface area contributed by atoms with Crippen molar-refractivity contribution in [3.63, 3.8) is 0 Å². The van der Waals surface area contributed by atoms with Crippen LogP contribution in [0.15, 0.2) is 70.7 Å². The Kier molecular flexibility index (Phi) is 5.72. The molecule has 0 saturated carbocycles. The largest absolute Gasteiger partial charge is 0.497 e. The number of methoxy groups -OCH3 is 1. The zero-order valence-electron chi connectivity index (χ0n) is 18.5. The van der Waals surface area contributed by atoms with Crippen LogP contribution in [0.25, 0.3) is 10.9 Å². The highest BCUT2D eigenvalue weighted by molar-refractivity contribution is 5.90. The molecule has 4 unspecified atom stereocenters. The molecule has 2 bridgehead atoms. The first-order chi connectivity index (χ1) is 16.1. The standard InChI is InChI=1S/C26H26N2O5/c1-3-16-14-28-11-9-17(16)12-23(28)25(33-26(30)18-4-7-24(29)32-15-18)20-8-10-27-22-6-5-19(31-2)13-21(20)22/h3-8,10,13,15-17,23,25H,1,9,11-12,14H2,2H3/t16?,17?,23?,25-/m0/s1. The highest BCUT2D eigenvalue weighted by Crippen LogP contribution is 2.43. The van der Waals surface area contributed by atoms with Gasteiger partial charge in [-0.2, -0.15) is 0 Å². The summed E-state index contributed by atoms with van der Waals surface area (Å²) in [4.78, 5) is 31.3. The Morgan fingerprint density at radius 1 is 1.30 bits per heavy atom. The number of fused-ring (bicyclic) bond motifs is 4. The summed E-state index contributed by atoms with van der Waals surface area (Å²) in [6, 6.07) is 10.3. The lowest BCUT2D eigenvalue weighted by atomic mass is 9.73. The molecular weight excluding hydrogens is 420 g/mol. The van der Waals surface area contributed by atoms with Gasteiger partial charge in [0.15, 0.2) is 0 Å². The number of aromatic nitrogens is 1. The number of benzene rings is 1. The zero-order valence-corrected chi connectivity index (χ0v) is 18.5. The number of rotatable bonds is 6. The first-order valence-corrected chi connectivity index (χ1v) is 11.2.